The van der Waals surface area contributed by atoms with Crippen molar-refractivity contribution in [2.45, 2.75) is 13.5 Å². The van der Waals surface area contributed by atoms with E-state index in [4.69, 9.17) is 5.73 Å². The van der Waals surface area contributed by atoms with Gasteiger partial charge in [0, 0.05) is 31.3 Å². The lowest BCUT2D eigenvalue weighted by molar-refractivity contribution is -0.385. The molecule has 0 atom stereocenters. The molecule has 0 radical (unpaired) electrons. The average Bonchev–Trinajstić information content (AvgIpc) is 2.30. The van der Waals surface area contributed by atoms with Crippen LogP contribution in [0, 0.1) is 17.0 Å². The molecular weight excluding hydrogens is 236 g/mol. The monoisotopic (exact) mass is 252 g/mol. The van der Waals surface area contributed by atoms with Gasteiger partial charge >= 0.3 is 6.03 Å². The van der Waals surface area contributed by atoms with Gasteiger partial charge in [0.2, 0.25) is 0 Å². The first-order chi connectivity index (χ1) is 8.50. The van der Waals surface area contributed by atoms with E-state index in [2.05, 4.69) is 10.6 Å². The fraction of sp³-hybridized carbons (Fsp3) is 0.364. The van der Waals surface area contributed by atoms with Crippen LogP contribution in [0.5, 0.6) is 0 Å². The number of nitrogens with two attached hydrogens (primary N) is 1. The number of hydrogen-bond donors (Lipinski definition) is 3. The average molecular weight is 252 g/mol. The first kappa shape index (κ1) is 13.9. The van der Waals surface area contributed by atoms with Crippen LogP contribution in [-0.4, -0.2) is 24.0 Å². The zero-order valence-electron chi connectivity index (χ0n) is 10.1. The predicted molar refractivity (Wildman–Crippen MR) is 67.1 cm³/mol. The Bertz CT molecular complexity index is 448. The van der Waals surface area contributed by atoms with E-state index in [1.54, 1.807) is 19.1 Å². The highest BCUT2D eigenvalue weighted by atomic mass is 16.6. The number of nitro benzene ring substituents is 1. The predicted octanol–water partition coefficient (Wildman–Crippen LogP) is 0.661. The van der Waals surface area contributed by atoms with E-state index < -0.39 is 11.0 Å². The molecule has 1 rings (SSSR count). The van der Waals surface area contributed by atoms with E-state index >= 15 is 0 Å². The fourth-order valence-corrected chi connectivity index (χ4v) is 1.47. The number of amides is 2. The van der Waals surface area contributed by atoms with Crippen molar-refractivity contribution in [1.82, 2.24) is 10.6 Å². The lowest BCUT2D eigenvalue weighted by atomic mass is 10.1. The minimum atomic E-state index is -0.567. The molecule has 0 bridgehead atoms. The third kappa shape index (κ3) is 4.38. The number of primary amides is 1. The number of carbonyl (C=O) groups is 1. The maximum Gasteiger partial charge on any atom is 0.312 e. The third-order valence-electron chi connectivity index (χ3n) is 2.40. The number of aryl methyl sites for hydroxylation is 1. The van der Waals surface area contributed by atoms with E-state index in [-0.39, 0.29) is 5.69 Å². The molecule has 0 heterocycles. The van der Waals surface area contributed by atoms with Crippen LogP contribution >= 0.6 is 0 Å². The SMILES string of the molecule is Cc1ccc(CNCCNC(N)=O)cc1[N+](=O)[O-]. The number of hydrogen-bond acceptors (Lipinski definition) is 4. The third-order valence-corrected chi connectivity index (χ3v) is 2.40. The number of nitrogens with one attached hydrogen (secondary N) is 2. The standard InChI is InChI=1S/C11H16N4O3/c1-8-2-3-9(6-10(8)15(17)18)7-13-4-5-14-11(12)16/h2-3,6,13H,4-5,7H2,1H3,(H3,12,14,16). The lowest BCUT2D eigenvalue weighted by Crippen LogP contribution is -2.35. The quantitative estimate of drug-likeness (QED) is 0.392. The molecule has 0 saturated heterocycles. The number of carbonyl (C=O) groups excluding carboxylic acids is 1. The summed E-state index contributed by atoms with van der Waals surface area (Å²) < 4.78 is 0. The summed E-state index contributed by atoms with van der Waals surface area (Å²) in [6, 6.07) is 4.53. The molecule has 7 nitrogen and oxygen atoms in total. The highest BCUT2D eigenvalue weighted by Gasteiger charge is 2.10. The van der Waals surface area contributed by atoms with Crippen molar-refractivity contribution >= 4 is 11.7 Å². The van der Waals surface area contributed by atoms with E-state index in [1.165, 1.54) is 0 Å². The number of nitro groups is 1. The van der Waals surface area contributed by atoms with Gasteiger partial charge in [0.05, 0.1) is 4.92 Å². The topological polar surface area (TPSA) is 110 Å². The smallest absolute Gasteiger partial charge is 0.312 e. The van der Waals surface area contributed by atoms with Crippen LogP contribution in [0.4, 0.5) is 10.5 Å². The maximum absolute atomic E-state index is 10.7. The zero-order chi connectivity index (χ0) is 13.5. The molecular formula is C11H16N4O3. The number of benzene rings is 1. The van der Waals surface area contributed by atoms with Gasteiger partial charge in [0.1, 0.15) is 0 Å². The van der Waals surface area contributed by atoms with E-state index in [1.807, 2.05) is 6.07 Å². The first-order valence-corrected chi connectivity index (χ1v) is 5.48. The zero-order valence-corrected chi connectivity index (χ0v) is 10.1. The van der Waals surface area contributed by atoms with Crippen molar-refractivity contribution < 1.29 is 9.72 Å². The molecule has 2 amide bonds. The molecule has 0 aliphatic rings. The highest BCUT2D eigenvalue weighted by Crippen LogP contribution is 2.18. The first-order valence-electron chi connectivity index (χ1n) is 5.48. The molecule has 0 aliphatic heterocycles. The van der Waals surface area contributed by atoms with E-state index in [9.17, 15) is 14.9 Å². The van der Waals surface area contributed by atoms with Crippen molar-refractivity contribution in [2.24, 2.45) is 5.73 Å². The van der Waals surface area contributed by atoms with Crippen molar-refractivity contribution in [2.75, 3.05) is 13.1 Å². The Morgan fingerprint density at radius 1 is 1.44 bits per heavy atom. The van der Waals surface area contributed by atoms with Crippen molar-refractivity contribution in [3.8, 4) is 0 Å². The molecule has 1 aromatic carbocycles. The highest BCUT2D eigenvalue weighted by molar-refractivity contribution is 5.71. The van der Waals surface area contributed by atoms with E-state index in [0.29, 0.717) is 25.2 Å². The van der Waals surface area contributed by atoms with Crippen molar-refractivity contribution in [3.05, 3.63) is 39.4 Å². The number of nitrogens with zero attached hydrogens (tertiary/aromatic N) is 1. The number of urea groups is 1. The van der Waals surface area contributed by atoms with Gasteiger partial charge in [0.25, 0.3) is 5.69 Å². The van der Waals surface area contributed by atoms with Crippen molar-refractivity contribution in [3.63, 3.8) is 0 Å². The Kier molecular flexibility index (Phi) is 5.06. The van der Waals surface area contributed by atoms with Gasteiger partial charge in [-0.1, -0.05) is 12.1 Å². The molecule has 0 unspecified atom stereocenters. The van der Waals surface area contributed by atoms with Gasteiger partial charge in [0.15, 0.2) is 0 Å². The molecule has 0 saturated carbocycles. The molecule has 1 aromatic rings. The minimum Gasteiger partial charge on any atom is -0.352 e. The van der Waals surface area contributed by atoms with Crippen LogP contribution < -0.4 is 16.4 Å². The van der Waals surface area contributed by atoms with Gasteiger partial charge in [-0.25, -0.2) is 4.79 Å². The Hall–Kier alpha value is -2.15. The summed E-state index contributed by atoms with van der Waals surface area (Å²) in [6.45, 7) is 3.17. The Labute approximate surface area is 105 Å². The van der Waals surface area contributed by atoms with Crippen LogP contribution in [0.25, 0.3) is 0 Å². The van der Waals surface area contributed by atoms with Gasteiger partial charge < -0.3 is 16.4 Å². The van der Waals surface area contributed by atoms with Gasteiger partial charge in [-0.05, 0) is 12.5 Å². The summed E-state index contributed by atoms with van der Waals surface area (Å²) in [6.07, 6.45) is 0. The fourth-order valence-electron chi connectivity index (χ4n) is 1.47. The molecule has 4 N–H and O–H groups in total. The second kappa shape index (κ2) is 6.55. The Morgan fingerprint density at radius 2 is 2.17 bits per heavy atom. The summed E-state index contributed by atoms with van der Waals surface area (Å²) in [5.74, 6) is 0. The molecule has 0 fully saturated rings. The maximum atomic E-state index is 10.7. The van der Waals surface area contributed by atoms with Gasteiger partial charge in [-0.15, -0.1) is 0 Å². The molecule has 0 aliphatic carbocycles. The second-order valence-corrected chi connectivity index (χ2v) is 3.85. The Morgan fingerprint density at radius 3 is 2.78 bits per heavy atom. The van der Waals surface area contributed by atoms with Crippen LogP contribution in [0.1, 0.15) is 11.1 Å². The summed E-state index contributed by atoms with van der Waals surface area (Å²) in [5, 5.41) is 16.2. The summed E-state index contributed by atoms with van der Waals surface area (Å²) in [4.78, 5) is 20.8. The molecule has 0 aromatic heterocycles. The summed E-state index contributed by atoms with van der Waals surface area (Å²) in [5.41, 5.74) is 6.48. The molecule has 7 heteroatoms. The largest absolute Gasteiger partial charge is 0.352 e. The van der Waals surface area contributed by atoms with Crippen LogP contribution in [0.15, 0.2) is 18.2 Å². The molecule has 0 spiro atoms. The van der Waals surface area contributed by atoms with Crippen LogP contribution in [0.3, 0.4) is 0 Å². The normalized spacial score (nSPS) is 10.1. The molecule has 18 heavy (non-hydrogen) atoms. The van der Waals surface area contributed by atoms with Crippen LogP contribution in [-0.2, 0) is 6.54 Å². The van der Waals surface area contributed by atoms with Gasteiger partial charge in [-0.2, -0.15) is 0 Å². The molecule has 98 valence electrons. The lowest BCUT2D eigenvalue weighted by Gasteiger charge is -2.06. The Balaban J connectivity index is 2.45. The van der Waals surface area contributed by atoms with Crippen LogP contribution in [0.2, 0.25) is 0 Å². The van der Waals surface area contributed by atoms with Gasteiger partial charge in [-0.3, -0.25) is 10.1 Å². The van der Waals surface area contributed by atoms with Crippen molar-refractivity contribution in [1.29, 1.82) is 0 Å². The summed E-state index contributed by atoms with van der Waals surface area (Å²) in [7, 11) is 0. The number of rotatable bonds is 6. The van der Waals surface area contributed by atoms with E-state index in [0.717, 1.165) is 5.56 Å². The minimum absolute atomic E-state index is 0.115. The summed E-state index contributed by atoms with van der Waals surface area (Å²) >= 11 is 0. The second-order valence-electron chi connectivity index (χ2n) is 3.85.